The van der Waals surface area contributed by atoms with Crippen LogP contribution >= 0.6 is 0 Å². The van der Waals surface area contributed by atoms with E-state index in [0.29, 0.717) is 5.92 Å². The number of anilines is 1. The Kier molecular flexibility index (Phi) is 4.95. The molecule has 0 spiro atoms. The predicted molar refractivity (Wildman–Crippen MR) is 108 cm³/mol. The van der Waals surface area contributed by atoms with Gasteiger partial charge in [-0.15, -0.1) is 0 Å². The van der Waals surface area contributed by atoms with Crippen molar-refractivity contribution in [1.82, 2.24) is 10.2 Å². The molecule has 3 aliphatic heterocycles. The molecular formula is C22H25N3O5. The van der Waals surface area contributed by atoms with Gasteiger partial charge in [0, 0.05) is 30.6 Å². The van der Waals surface area contributed by atoms with Gasteiger partial charge in [-0.3, -0.25) is 29.4 Å². The van der Waals surface area contributed by atoms with Crippen molar-refractivity contribution in [3.63, 3.8) is 0 Å². The van der Waals surface area contributed by atoms with E-state index in [1.165, 1.54) is 0 Å². The highest BCUT2D eigenvalue weighted by Crippen LogP contribution is 2.36. The van der Waals surface area contributed by atoms with Crippen molar-refractivity contribution in [1.29, 1.82) is 0 Å². The van der Waals surface area contributed by atoms with Crippen molar-refractivity contribution in [3.8, 4) is 0 Å². The zero-order valence-electron chi connectivity index (χ0n) is 17.1. The molecule has 1 atom stereocenters. The second-order valence-corrected chi connectivity index (χ2v) is 8.88. The third-order valence-electron chi connectivity index (χ3n) is 6.64. The maximum Gasteiger partial charge on any atom is 0.262 e. The van der Waals surface area contributed by atoms with Crippen molar-refractivity contribution < 1.29 is 24.0 Å². The van der Waals surface area contributed by atoms with E-state index in [-0.39, 0.29) is 29.4 Å². The molecule has 0 aliphatic carbocycles. The van der Waals surface area contributed by atoms with E-state index in [1.54, 1.807) is 12.1 Å². The normalized spacial score (nSPS) is 22.9. The summed E-state index contributed by atoms with van der Waals surface area (Å²) >= 11 is 0. The molecule has 8 nitrogen and oxygen atoms in total. The molecule has 2 fully saturated rings. The van der Waals surface area contributed by atoms with Crippen LogP contribution in [0.3, 0.4) is 0 Å². The van der Waals surface area contributed by atoms with Crippen LogP contribution in [0.4, 0.5) is 5.69 Å². The first-order valence-electron chi connectivity index (χ1n) is 10.3. The smallest absolute Gasteiger partial charge is 0.262 e. The molecule has 158 valence electrons. The number of amides is 4. The number of hydrogen-bond acceptors (Lipinski definition) is 6. The summed E-state index contributed by atoms with van der Waals surface area (Å²) in [6, 6.07) is 4.22. The monoisotopic (exact) mass is 411 g/mol. The Morgan fingerprint density at radius 2 is 1.67 bits per heavy atom. The molecule has 1 aromatic carbocycles. The van der Waals surface area contributed by atoms with E-state index in [1.807, 2.05) is 19.9 Å². The van der Waals surface area contributed by atoms with Gasteiger partial charge in [-0.25, -0.2) is 0 Å². The first kappa shape index (κ1) is 20.3. The summed E-state index contributed by atoms with van der Waals surface area (Å²) < 4.78 is 0. The average Bonchev–Trinajstić information content (AvgIpc) is 2.98. The summed E-state index contributed by atoms with van der Waals surface area (Å²) in [5.74, 6) is -1.69. The fraction of sp³-hybridized carbons (Fsp3) is 0.500. The highest BCUT2D eigenvalue weighted by atomic mass is 16.2. The SMILES string of the molecule is CC(C)(C=O)C1CCN(c2ccc3c(c2)C(=O)N(C2CCC(=O)NC2=O)C3=O)CC1. The van der Waals surface area contributed by atoms with Crippen LogP contribution in [0.25, 0.3) is 0 Å². The number of carbonyl (C=O) groups excluding carboxylic acids is 5. The van der Waals surface area contributed by atoms with Crippen LogP contribution < -0.4 is 10.2 Å². The van der Waals surface area contributed by atoms with Crippen LogP contribution in [0.1, 0.15) is 60.2 Å². The second-order valence-electron chi connectivity index (χ2n) is 8.88. The molecule has 1 N–H and O–H groups in total. The molecule has 8 heteroatoms. The number of nitrogens with one attached hydrogen (secondary N) is 1. The summed E-state index contributed by atoms with van der Waals surface area (Å²) in [7, 11) is 0. The Hall–Kier alpha value is -3.03. The lowest BCUT2D eigenvalue weighted by atomic mass is 9.75. The summed E-state index contributed by atoms with van der Waals surface area (Å²) in [5, 5.41) is 2.20. The lowest BCUT2D eigenvalue weighted by Gasteiger charge is -2.39. The van der Waals surface area contributed by atoms with E-state index in [0.717, 1.165) is 42.8 Å². The van der Waals surface area contributed by atoms with Crippen LogP contribution in [0.5, 0.6) is 0 Å². The minimum Gasteiger partial charge on any atom is -0.371 e. The molecule has 4 rings (SSSR count). The Labute approximate surface area is 174 Å². The first-order chi connectivity index (χ1) is 14.2. The third-order valence-corrected chi connectivity index (χ3v) is 6.64. The van der Waals surface area contributed by atoms with Gasteiger partial charge in [-0.1, -0.05) is 13.8 Å². The summed E-state index contributed by atoms with van der Waals surface area (Å²) in [6.07, 6.45) is 3.01. The zero-order valence-corrected chi connectivity index (χ0v) is 17.1. The van der Waals surface area contributed by atoms with Gasteiger partial charge in [0.2, 0.25) is 11.8 Å². The van der Waals surface area contributed by atoms with Crippen molar-refractivity contribution in [3.05, 3.63) is 29.3 Å². The Morgan fingerprint density at radius 1 is 1.00 bits per heavy atom. The average molecular weight is 411 g/mol. The number of imide groups is 2. The van der Waals surface area contributed by atoms with Gasteiger partial charge in [0.05, 0.1) is 11.1 Å². The molecule has 0 aromatic heterocycles. The lowest BCUT2D eigenvalue weighted by Crippen LogP contribution is -2.54. The lowest BCUT2D eigenvalue weighted by molar-refractivity contribution is -0.136. The summed E-state index contributed by atoms with van der Waals surface area (Å²) in [6.45, 7) is 5.45. The highest BCUT2D eigenvalue weighted by Gasteiger charge is 2.44. The molecule has 4 amide bonds. The molecule has 2 saturated heterocycles. The van der Waals surface area contributed by atoms with Crippen LogP contribution in [0.2, 0.25) is 0 Å². The van der Waals surface area contributed by atoms with Gasteiger partial charge in [0.1, 0.15) is 12.3 Å². The van der Waals surface area contributed by atoms with Crippen molar-refractivity contribution in [2.24, 2.45) is 11.3 Å². The number of rotatable bonds is 4. The number of benzene rings is 1. The van der Waals surface area contributed by atoms with Gasteiger partial charge in [-0.05, 0) is 43.4 Å². The standard InChI is InChI=1S/C22H25N3O5/c1-22(2,12-26)13-7-9-24(10-8-13)14-3-4-15-16(11-14)21(30)25(20(15)29)17-5-6-18(27)23-19(17)28/h3-4,11-13,17H,5-10H2,1-2H3,(H,23,27,28). The number of aldehydes is 1. The number of nitrogens with zero attached hydrogens (tertiary/aromatic N) is 2. The molecule has 1 aromatic rings. The topological polar surface area (TPSA) is 104 Å². The third kappa shape index (κ3) is 3.30. The van der Waals surface area contributed by atoms with Crippen LogP contribution in [-0.2, 0) is 14.4 Å². The Balaban J connectivity index is 1.52. The minimum atomic E-state index is -0.958. The highest BCUT2D eigenvalue weighted by molar-refractivity contribution is 6.23. The van der Waals surface area contributed by atoms with Crippen molar-refractivity contribution >= 4 is 35.6 Å². The molecule has 3 heterocycles. The number of piperidine rings is 2. The molecule has 0 saturated carbocycles. The van der Waals surface area contributed by atoms with Gasteiger partial charge in [0.25, 0.3) is 11.8 Å². The molecule has 0 bridgehead atoms. The van der Waals surface area contributed by atoms with Gasteiger partial charge >= 0.3 is 0 Å². The molecule has 30 heavy (non-hydrogen) atoms. The number of carbonyl (C=O) groups is 5. The van der Waals surface area contributed by atoms with Gasteiger partial charge < -0.3 is 9.69 Å². The quantitative estimate of drug-likeness (QED) is 0.595. The first-order valence-corrected chi connectivity index (χ1v) is 10.3. The van der Waals surface area contributed by atoms with E-state index < -0.39 is 29.7 Å². The van der Waals surface area contributed by atoms with Crippen LogP contribution in [-0.4, -0.2) is 53.9 Å². The van der Waals surface area contributed by atoms with Gasteiger partial charge in [-0.2, -0.15) is 0 Å². The number of fused-ring (bicyclic) bond motifs is 1. The molecular weight excluding hydrogens is 386 g/mol. The van der Waals surface area contributed by atoms with E-state index in [9.17, 15) is 24.0 Å². The zero-order chi connectivity index (χ0) is 21.6. The largest absolute Gasteiger partial charge is 0.371 e. The maximum atomic E-state index is 13.0. The maximum absolute atomic E-state index is 13.0. The Morgan fingerprint density at radius 3 is 2.30 bits per heavy atom. The molecule has 0 radical (unpaired) electrons. The fourth-order valence-electron chi connectivity index (χ4n) is 4.63. The van der Waals surface area contributed by atoms with Gasteiger partial charge in [0.15, 0.2) is 0 Å². The van der Waals surface area contributed by atoms with Crippen molar-refractivity contribution in [2.75, 3.05) is 18.0 Å². The predicted octanol–water partition coefficient (Wildman–Crippen LogP) is 1.53. The summed E-state index contributed by atoms with van der Waals surface area (Å²) in [5.41, 5.74) is 1.07. The van der Waals surface area contributed by atoms with Crippen LogP contribution in [0, 0.1) is 11.3 Å². The molecule has 3 aliphatic rings. The van der Waals surface area contributed by atoms with Crippen molar-refractivity contribution in [2.45, 2.75) is 45.6 Å². The Bertz CT molecular complexity index is 946. The fourth-order valence-corrected chi connectivity index (χ4v) is 4.63. The van der Waals surface area contributed by atoms with E-state index in [4.69, 9.17) is 0 Å². The van der Waals surface area contributed by atoms with E-state index in [2.05, 4.69) is 10.2 Å². The minimum absolute atomic E-state index is 0.0984. The van der Waals surface area contributed by atoms with E-state index >= 15 is 0 Å². The number of hydrogen-bond donors (Lipinski definition) is 1. The second kappa shape index (κ2) is 7.34. The van der Waals surface area contributed by atoms with Crippen LogP contribution in [0.15, 0.2) is 18.2 Å². The summed E-state index contributed by atoms with van der Waals surface area (Å²) in [4.78, 5) is 63.8. The molecule has 1 unspecified atom stereocenters.